The predicted molar refractivity (Wildman–Crippen MR) is 279 cm³/mol. The van der Waals surface area contributed by atoms with Crippen molar-refractivity contribution in [2.24, 2.45) is 11.8 Å². The molecule has 2 N–H and O–H groups in total. The van der Waals surface area contributed by atoms with E-state index >= 15 is 0 Å². The van der Waals surface area contributed by atoms with Crippen LogP contribution < -0.4 is 18.9 Å². The highest BCUT2D eigenvalue weighted by atomic mass is 35.5. The third-order valence-corrected chi connectivity index (χ3v) is 13.3. The summed E-state index contributed by atoms with van der Waals surface area (Å²) in [5.41, 5.74) is 7.05. The minimum Gasteiger partial charge on any atom is -0.488 e. The van der Waals surface area contributed by atoms with Crippen molar-refractivity contribution in [2.75, 3.05) is 14.1 Å². The summed E-state index contributed by atoms with van der Waals surface area (Å²) in [7, 11) is 3.40. The van der Waals surface area contributed by atoms with Crippen LogP contribution in [-0.4, -0.2) is 58.1 Å². The molecule has 10 nitrogen and oxygen atoms in total. The zero-order valence-electron chi connectivity index (χ0n) is 42.7. The Kier molecular flexibility index (Phi) is 19.8. The van der Waals surface area contributed by atoms with Crippen LogP contribution in [-0.2, 0) is 49.1 Å². The lowest BCUT2D eigenvalue weighted by Crippen LogP contribution is -2.39. The van der Waals surface area contributed by atoms with E-state index in [2.05, 4.69) is 0 Å². The van der Waals surface area contributed by atoms with E-state index in [1.807, 2.05) is 77.9 Å². The molecule has 6 aromatic carbocycles. The topological polar surface area (TPSA) is 118 Å². The van der Waals surface area contributed by atoms with Crippen LogP contribution in [0.3, 0.4) is 0 Å². The highest BCUT2D eigenvalue weighted by molar-refractivity contribution is 6.32. The monoisotopic (exact) mass is 1060 g/mol. The molecule has 6 aromatic rings. The van der Waals surface area contributed by atoms with Gasteiger partial charge in [-0.2, -0.15) is 0 Å². The number of likely N-dealkylation sites (N-methyl/N-ethyl adjacent to an activating group) is 2. The Bertz CT molecular complexity index is 2720. The number of aliphatic carboxylic acids is 2. The maximum atomic E-state index is 14.1. The lowest BCUT2D eigenvalue weighted by molar-refractivity contribution is -0.144. The van der Waals surface area contributed by atoms with Crippen LogP contribution in [0.5, 0.6) is 23.0 Å². The van der Waals surface area contributed by atoms with E-state index in [1.165, 1.54) is 24.3 Å². The van der Waals surface area contributed by atoms with Crippen molar-refractivity contribution in [1.82, 2.24) is 9.80 Å². The summed E-state index contributed by atoms with van der Waals surface area (Å²) >= 11 is 13.7. The first-order chi connectivity index (χ1) is 35.1. The Morgan fingerprint density at radius 3 is 1.16 bits per heavy atom. The first kappa shape index (κ1) is 57.0. The molecule has 394 valence electrons. The van der Waals surface area contributed by atoms with Crippen LogP contribution in [0.25, 0.3) is 11.1 Å². The molecule has 74 heavy (non-hydrogen) atoms. The molecular weight excluding hydrogens is 1000 g/mol. The van der Waals surface area contributed by atoms with Crippen molar-refractivity contribution >= 4 is 35.1 Å². The number of rotatable bonds is 25. The molecule has 0 radical (unpaired) electrons. The third-order valence-electron chi connectivity index (χ3n) is 12.7. The average molecular weight is 1060 g/mol. The molecule has 0 bridgehead atoms. The molecule has 16 heteroatoms. The number of hydrogen-bond acceptors (Lipinski definition) is 8. The summed E-state index contributed by atoms with van der Waals surface area (Å²) in [6, 6.07) is 22.9. The van der Waals surface area contributed by atoms with Gasteiger partial charge in [0.05, 0.1) is 10.0 Å². The maximum Gasteiger partial charge on any atom is 0.320 e. The number of carboxylic acids is 2. The van der Waals surface area contributed by atoms with Gasteiger partial charge in [0.25, 0.3) is 0 Å². The molecule has 2 unspecified atom stereocenters. The number of hydrogen-bond donors (Lipinski definition) is 2. The smallest absolute Gasteiger partial charge is 0.320 e. The van der Waals surface area contributed by atoms with Crippen molar-refractivity contribution in [3.63, 3.8) is 0 Å². The van der Waals surface area contributed by atoms with Crippen molar-refractivity contribution in [2.45, 2.75) is 106 Å². The molecule has 0 aliphatic carbocycles. The first-order valence-corrected chi connectivity index (χ1v) is 24.9. The molecule has 2 atom stereocenters. The van der Waals surface area contributed by atoms with Gasteiger partial charge in [-0.25, -0.2) is 17.6 Å². The second-order valence-corrected chi connectivity index (χ2v) is 20.3. The van der Waals surface area contributed by atoms with Gasteiger partial charge in [-0.05, 0) is 134 Å². The van der Waals surface area contributed by atoms with Gasteiger partial charge in [-0.15, -0.1) is 0 Å². The van der Waals surface area contributed by atoms with E-state index < -0.39 is 47.3 Å². The second-order valence-electron chi connectivity index (χ2n) is 19.5. The first-order valence-electron chi connectivity index (χ1n) is 24.2. The molecule has 0 amide bonds. The molecule has 6 rings (SSSR count). The Hall–Kier alpha value is -6.32. The Morgan fingerprint density at radius 1 is 0.500 bits per heavy atom. The van der Waals surface area contributed by atoms with E-state index in [9.17, 15) is 37.4 Å². The molecule has 0 saturated heterocycles. The lowest BCUT2D eigenvalue weighted by Gasteiger charge is -2.27. The molecule has 0 aliphatic rings. The van der Waals surface area contributed by atoms with Gasteiger partial charge in [0, 0.05) is 48.5 Å². The van der Waals surface area contributed by atoms with Crippen LogP contribution in [0.2, 0.25) is 10.0 Å². The highest BCUT2D eigenvalue weighted by Gasteiger charge is 2.27. The quantitative estimate of drug-likeness (QED) is 0.0537. The standard InChI is InChI=1S/C58H62Cl2F4N2O8/c1-33(2)15-51(57(67)68)65(7)27-41-21-49(59)55(25-53(41)71-29-37-17-43(61)23-44(62)18-37)73-31-39-11-9-13-47(35(39)5)48-14-10-12-40(36(48)6)32-74-56-26-54(72-30-38-19-45(63)24-46(64)20-38)42(22-50(56)60)28-66(8)52(58(69)70)16-34(3)4/h9-14,17-26,33-34,51-52H,15-16,27-32H2,1-8H3,(H,67,68)(H,69,70). The third kappa shape index (κ3) is 15.4. The molecule has 0 aliphatic heterocycles. The van der Waals surface area contributed by atoms with E-state index in [1.54, 1.807) is 48.2 Å². The van der Waals surface area contributed by atoms with Gasteiger partial charge in [0.1, 0.15) is 84.8 Å². The van der Waals surface area contributed by atoms with Gasteiger partial charge >= 0.3 is 11.9 Å². The largest absolute Gasteiger partial charge is 0.488 e. The molecule has 0 fully saturated rings. The fraction of sp³-hybridized carbons (Fsp3) is 0.345. The highest BCUT2D eigenvalue weighted by Crippen LogP contribution is 2.38. The average Bonchev–Trinajstić information content (AvgIpc) is 3.31. The Morgan fingerprint density at radius 2 is 0.838 bits per heavy atom. The summed E-state index contributed by atoms with van der Waals surface area (Å²) in [5.74, 6) is -3.56. The second kappa shape index (κ2) is 25.8. The SMILES string of the molecule is Cc1c(COc2cc(OCc3cc(F)cc(F)c3)c(CN(C)C(CC(C)C)C(=O)O)cc2Cl)cccc1-c1cccc(COc2cc(OCc3cc(F)cc(F)c3)c(CN(C)C(CC(C)C)C(=O)O)cc2Cl)c1C. The van der Waals surface area contributed by atoms with Crippen LogP contribution >= 0.6 is 23.2 Å². The van der Waals surface area contributed by atoms with E-state index in [0.717, 1.165) is 45.5 Å². The number of carbonyl (C=O) groups is 2. The van der Waals surface area contributed by atoms with Crippen molar-refractivity contribution in [3.8, 4) is 34.1 Å². The Balaban J connectivity index is 1.23. The minimum atomic E-state index is -0.970. The van der Waals surface area contributed by atoms with Crippen LogP contribution in [0.4, 0.5) is 17.6 Å². The molecule has 0 heterocycles. The minimum absolute atomic E-state index is 0.0993. The van der Waals surface area contributed by atoms with E-state index in [-0.39, 0.29) is 84.0 Å². The van der Waals surface area contributed by atoms with Crippen molar-refractivity contribution in [3.05, 3.63) is 175 Å². The summed E-state index contributed by atoms with van der Waals surface area (Å²) in [6.45, 7) is 11.9. The molecule has 0 saturated carbocycles. The van der Waals surface area contributed by atoms with Crippen molar-refractivity contribution in [1.29, 1.82) is 0 Å². The predicted octanol–water partition coefficient (Wildman–Crippen LogP) is 14.0. The van der Waals surface area contributed by atoms with Gasteiger partial charge in [0.15, 0.2) is 0 Å². The summed E-state index contributed by atoms with van der Waals surface area (Å²) in [6.07, 6.45) is 0.805. The van der Waals surface area contributed by atoms with E-state index in [0.29, 0.717) is 35.5 Å². The Labute approximate surface area is 440 Å². The van der Waals surface area contributed by atoms with Crippen LogP contribution in [0, 0.1) is 49.0 Å². The lowest BCUT2D eigenvalue weighted by atomic mass is 9.92. The summed E-state index contributed by atoms with van der Waals surface area (Å²) in [5, 5.41) is 20.6. The number of ether oxygens (including phenoxy) is 4. The van der Waals surface area contributed by atoms with Gasteiger partial charge in [-0.1, -0.05) is 87.3 Å². The molecular formula is C58H62Cl2F4N2O8. The normalized spacial score (nSPS) is 12.4. The zero-order valence-corrected chi connectivity index (χ0v) is 44.2. The number of benzene rings is 6. The zero-order chi connectivity index (χ0) is 54.0. The fourth-order valence-corrected chi connectivity index (χ4v) is 9.24. The maximum absolute atomic E-state index is 14.1. The van der Waals surface area contributed by atoms with E-state index in [4.69, 9.17) is 42.1 Å². The van der Waals surface area contributed by atoms with Crippen molar-refractivity contribution < 1.29 is 56.3 Å². The van der Waals surface area contributed by atoms with Crippen LogP contribution in [0.15, 0.2) is 97.1 Å². The van der Waals surface area contributed by atoms with Crippen LogP contribution in [0.1, 0.15) is 85.0 Å². The van der Waals surface area contributed by atoms with Gasteiger partial charge < -0.3 is 29.2 Å². The summed E-state index contributed by atoms with van der Waals surface area (Å²) in [4.78, 5) is 27.9. The van der Waals surface area contributed by atoms with Gasteiger partial charge in [0.2, 0.25) is 0 Å². The summed E-state index contributed by atoms with van der Waals surface area (Å²) < 4.78 is 81.5. The van der Waals surface area contributed by atoms with Gasteiger partial charge in [-0.3, -0.25) is 19.4 Å². The number of nitrogens with zero attached hydrogens (tertiary/aromatic N) is 2. The number of carboxylic acid groups (broad SMARTS) is 2. The fourth-order valence-electron chi connectivity index (χ4n) is 8.76. The molecule has 0 aromatic heterocycles. The number of halogens is 6. The molecule has 0 spiro atoms.